The summed E-state index contributed by atoms with van der Waals surface area (Å²) in [5, 5.41) is 2.73. The van der Waals surface area contributed by atoms with Gasteiger partial charge in [0.2, 0.25) is 5.91 Å². The van der Waals surface area contributed by atoms with Gasteiger partial charge in [0.05, 0.1) is 6.42 Å². The highest BCUT2D eigenvalue weighted by Gasteiger charge is 2.30. The molecule has 2 rings (SSSR count). The minimum atomic E-state index is -0.972. The number of anilines is 1. The number of hydrogen-bond donors (Lipinski definition) is 1. The summed E-state index contributed by atoms with van der Waals surface area (Å²) in [5.74, 6) is -1.42. The van der Waals surface area contributed by atoms with Crippen LogP contribution in [0.15, 0.2) is 60.7 Å². The zero-order valence-corrected chi connectivity index (χ0v) is 17.3. The van der Waals surface area contributed by atoms with E-state index < -0.39 is 18.1 Å². The molecular weight excluding hydrogens is 368 g/mol. The Morgan fingerprint density at radius 2 is 1.48 bits per heavy atom. The largest absolute Gasteiger partial charge is 0.451 e. The second-order valence-corrected chi connectivity index (χ2v) is 7.26. The van der Waals surface area contributed by atoms with Gasteiger partial charge in [-0.05, 0) is 30.5 Å². The molecule has 0 aliphatic heterocycles. The average molecular weight is 396 g/mol. The van der Waals surface area contributed by atoms with Crippen LogP contribution in [0.25, 0.3) is 0 Å². The van der Waals surface area contributed by atoms with Gasteiger partial charge in [0, 0.05) is 12.7 Å². The first-order chi connectivity index (χ1) is 13.8. The summed E-state index contributed by atoms with van der Waals surface area (Å²) >= 11 is 0. The number of esters is 1. The predicted molar refractivity (Wildman–Crippen MR) is 112 cm³/mol. The number of ether oxygens (including phenoxy) is 1. The second kappa shape index (κ2) is 10.4. The summed E-state index contributed by atoms with van der Waals surface area (Å²) in [7, 11) is 1.63. The van der Waals surface area contributed by atoms with E-state index in [2.05, 4.69) is 5.32 Å². The molecule has 0 saturated heterocycles. The molecule has 6 heteroatoms. The van der Waals surface area contributed by atoms with E-state index in [1.807, 2.05) is 62.4 Å². The molecule has 0 bridgehead atoms. The molecule has 1 N–H and O–H groups in total. The number of nitrogens with zero attached hydrogens (tertiary/aromatic N) is 1. The fourth-order valence-electron chi connectivity index (χ4n) is 2.85. The Hall–Kier alpha value is -3.15. The Bertz CT molecular complexity index is 821. The normalized spacial score (nSPS) is 12.7. The Balaban J connectivity index is 1.97. The summed E-state index contributed by atoms with van der Waals surface area (Å²) in [6.45, 7) is 5.16. The maximum Gasteiger partial charge on any atom is 0.329 e. The number of carbonyl (C=O) groups is 3. The quantitative estimate of drug-likeness (QED) is 0.696. The average Bonchev–Trinajstić information content (AvgIpc) is 2.71. The van der Waals surface area contributed by atoms with Gasteiger partial charge in [-0.1, -0.05) is 62.4 Å². The Kier molecular flexibility index (Phi) is 7.95. The van der Waals surface area contributed by atoms with Crippen molar-refractivity contribution in [1.82, 2.24) is 5.32 Å². The Morgan fingerprint density at radius 1 is 0.931 bits per heavy atom. The zero-order chi connectivity index (χ0) is 21.4. The summed E-state index contributed by atoms with van der Waals surface area (Å²) < 4.78 is 5.38. The van der Waals surface area contributed by atoms with E-state index in [-0.39, 0.29) is 24.2 Å². The maximum absolute atomic E-state index is 12.6. The van der Waals surface area contributed by atoms with Crippen LogP contribution in [-0.2, 0) is 25.5 Å². The summed E-state index contributed by atoms with van der Waals surface area (Å²) in [6, 6.07) is 17.6. The van der Waals surface area contributed by atoms with E-state index >= 15 is 0 Å². The molecule has 0 saturated carbocycles. The van der Waals surface area contributed by atoms with E-state index in [4.69, 9.17) is 4.74 Å². The van der Waals surface area contributed by atoms with Crippen molar-refractivity contribution in [2.75, 3.05) is 11.9 Å². The molecule has 0 fully saturated rings. The fourth-order valence-corrected chi connectivity index (χ4v) is 2.85. The number of benzene rings is 2. The van der Waals surface area contributed by atoms with Crippen LogP contribution in [0.5, 0.6) is 0 Å². The Morgan fingerprint density at radius 3 is 2.03 bits per heavy atom. The smallest absolute Gasteiger partial charge is 0.329 e. The molecule has 0 aliphatic rings. The van der Waals surface area contributed by atoms with Gasteiger partial charge < -0.3 is 15.0 Å². The minimum Gasteiger partial charge on any atom is -0.451 e. The number of amides is 2. The molecule has 2 atom stereocenters. The van der Waals surface area contributed by atoms with Gasteiger partial charge in [-0.25, -0.2) is 4.79 Å². The van der Waals surface area contributed by atoms with Gasteiger partial charge in [-0.3, -0.25) is 9.59 Å². The molecule has 0 spiro atoms. The molecule has 2 amide bonds. The number of carbonyl (C=O) groups excluding carboxylic acids is 3. The number of likely N-dealkylation sites (N-methyl/N-ethyl adjacent to an activating group) is 1. The van der Waals surface area contributed by atoms with Gasteiger partial charge in [0.1, 0.15) is 6.04 Å². The number of nitrogens with one attached hydrogen (secondary N) is 1. The first-order valence-corrected chi connectivity index (χ1v) is 9.66. The fraction of sp³-hybridized carbons (Fsp3) is 0.348. The van der Waals surface area contributed by atoms with Crippen molar-refractivity contribution in [2.45, 2.75) is 39.3 Å². The third-order valence-corrected chi connectivity index (χ3v) is 4.56. The van der Waals surface area contributed by atoms with Crippen LogP contribution >= 0.6 is 0 Å². The van der Waals surface area contributed by atoms with Crippen LogP contribution in [-0.4, -0.2) is 37.0 Å². The molecule has 1 unspecified atom stereocenters. The SMILES string of the molecule is CC(OC(=O)[C@@H](NC(=O)Cc1ccccc1)C(C)C)C(=O)N(C)c1ccccc1. The third-order valence-electron chi connectivity index (χ3n) is 4.56. The highest BCUT2D eigenvalue weighted by atomic mass is 16.5. The van der Waals surface area contributed by atoms with E-state index in [1.54, 1.807) is 19.2 Å². The molecule has 0 aliphatic carbocycles. The molecule has 0 radical (unpaired) electrons. The lowest BCUT2D eigenvalue weighted by Crippen LogP contribution is -2.48. The van der Waals surface area contributed by atoms with Crippen molar-refractivity contribution in [3.05, 3.63) is 66.2 Å². The lowest BCUT2D eigenvalue weighted by molar-refractivity contribution is -0.157. The number of hydrogen-bond acceptors (Lipinski definition) is 4. The van der Waals surface area contributed by atoms with Crippen LogP contribution in [0.3, 0.4) is 0 Å². The maximum atomic E-state index is 12.6. The van der Waals surface area contributed by atoms with E-state index in [9.17, 15) is 14.4 Å². The third kappa shape index (κ3) is 6.45. The van der Waals surface area contributed by atoms with Crippen LogP contribution in [0.4, 0.5) is 5.69 Å². The number of rotatable bonds is 8. The van der Waals surface area contributed by atoms with Crippen LogP contribution in [0, 0.1) is 5.92 Å². The molecule has 6 nitrogen and oxygen atoms in total. The van der Waals surface area contributed by atoms with Crippen molar-refractivity contribution in [3.63, 3.8) is 0 Å². The zero-order valence-electron chi connectivity index (χ0n) is 17.3. The Labute approximate surface area is 171 Å². The van der Waals surface area contributed by atoms with E-state index in [0.29, 0.717) is 5.69 Å². The molecule has 0 heterocycles. The molecule has 154 valence electrons. The van der Waals surface area contributed by atoms with Gasteiger partial charge in [0.15, 0.2) is 6.10 Å². The summed E-state index contributed by atoms with van der Waals surface area (Å²) in [4.78, 5) is 39.0. The molecule has 0 aromatic heterocycles. The van der Waals surface area contributed by atoms with Crippen molar-refractivity contribution in [2.24, 2.45) is 5.92 Å². The van der Waals surface area contributed by atoms with Gasteiger partial charge in [0.25, 0.3) is 5.91 Å². The molecule has 29 heavy (non-hydrogen) atoms. The van der Waals surface area contributed by atoms with Crippen molar-refractivity contribution < 1.29 is 19.1 Å². The lowest BCUT2D eigenvalue weighted by atomic mass is 10.0. The number of para-hydroxylation sites is 1. The first kappa shape index (κ1) is 22.1. The monoisotopic (exact) mass is 396 g/mol. The van der Waals surface area contributed by atoms with E-state index in [1.165, 1.54) is 11.8 Å². The molecule has 2 aromatic carbocycles. The lowest BCUT2D eigenvalue weighted by Gasteiger charge is -2.25. The van der Waals surface area contributed by atoms with Crippen molar-refractivity contribution in [3.8, 4) is 0 Å². The summed E-state index contributed by atoms with van der Waals surface area (Å²) in [6.07, 6.45) is -0.803. The van der Waals surface area contributed by atoms with Gasteiger partial charge in [-0.2, -0.15) is 0 Å². The highest BCUT2D eigenvalue weighted by Crippen LogP contribution is 2.14. The second-order valence-electron chi connectivity index (χ2n) is 7.26. The van der Waals surface area contributed by atoms with Crippen molar-refractivity contribution in [1.29, 1.82) is 0 Å². The first-order valence-electron chi connectivity index (χ1n) is 9.66. The van der Waals surface area contributed by atoms with Gasteiger partial charge in [-0.15, -0.1) is 0 Å². The minimum absolute atomic E-state index is 0.169. The topological polar surface area (TPSA) is 75.7 Å². The van der Waals surface area contributed by atoms with Gasteiger partial charge >= 0.3 is 5.97 Å². The van der Waals surface area contributed by atoms with Crippen LogP contribution in [0.1, 0.15) is 26.3 Å². The highest BCUT2D eigenvalue weighted by molar-refractivity contribution is 5.97. The van der Waals surface area contributed by atoms with E-state index in [0.717, 1.165) is 5.56 Å². The standard InChI is InChI=1S/C23H28N2O4/c1-16(2)21(24-20(26)15-18-11-7-5-8-12-18)23(28)29-17(3)22(27)25(4)19-13-9-6-10-14-19/h5-14,16-17,21H,15H2,1-4H3,(H,24,26)/t17?,21-/m0/s1. The van der Waals surface area contributed by atoms with Crippen LogP contribution < -0.4 is 10.2 Å². The summed E-state index contributed by atoms with van der Waals surface area (Å²) in [5.41, 5.74) is 1.56. The predicted octanol–water partition coefficient (Wildman–Crippen LogP) is 2.96. The van der Waals surface area contributed by atoms with Crippen molar-refractivity contribution >= 4 is 23.5 Å². The van der Waals surface area contributed by atoms with Crippen LogP contribution in [0.2, 0.25) is 0 Å². The molecule has 2 aromatic rings. The molecular formula is C23H28N2O4.